The van der Waals surface area contributed by atoms with Crippen LogP contribution >= 0.6 is 0 Å². The molecule has 2 N–H and O–H groups in total. The number of piperidine rings is 1. The minimum atomic E-state index is -0.122. The van der Waals surface area contributed by atoms with Gasteiger partial charge in [0.25, 0.3) is 0 Å². The molecule has 18 heavy (non-hydrogen) atoms. The quantitative estimate of drug-likeness (QED) is 0.783. The number of nitrogens with one attached hydrogen (secondary N) is 2. The fourth-order valence-electron chi connectivity index (χ4n) is 3.40. The van der Waals surface area contributed by atoms with Crippen molar-refractivity contribution in [3.63, 3.8) is 0 Å². The van der Waals surface area contributed by atoms with E-state index in [4.69, 9.17) is 0 Å². The van der Waals surface area contributed by atoms with E-state index in [0.29, 0.717) is 5.91 Å². The van der Waals surface area contributed by atoms with E-state index < -0.39 is 0 Å². The highest BCUT2D eigenvalue weighted by atomic mass is 16.2. The molecule has 1 saturated heterocycles. The highest BCUT2D eigenvalue weighted by Gasteiger charge is 2.42. The maximum absolute atomic E-state index is 12.4. The zero-order valence-electron chi connectivity index (χ0n) is 11.5. The predicted octanol–water partition coefficient (Wildman–Crippen LogP) is 1.93. The van der Waals surface area contributed by atoms with Gasteiger partial charge in [-0.2, -0.15) is 0 Å². The number of amides is 1. The molecule has 0 bridgehead atoms. The summed E-state index contributed by atoms with van der Waals surface area (Å²) < 4.78 is 0. The summed E-state index contributed by atoms with van der Waals surface area (Å²) in [6, 6.07) is 0. The van der Waals surface area contributed by atoms with Crippen molar-refractivity contribution in [2.24, 2.45) is 23.2 Å². The molecular weight excluding hydrogens is 224 g/mol. The van der Waals surface area contributed by atoms with Gasteiger partial charge in [0.1, 0.15) is 0 Å². The molecular formula is C15H26N2O. The standard InChI is InChI=1S/C15H26N2O/c1-15(6-8-16-9-7-15)14(18)17-10-13(11-2-3-11)12-4-5-12/h11-13,16H,2-10H2,1H3,(H,17,18). The molecule has 3 heteroatoms. The maximum Gasteiger partial charge on any atom is 0.226 e. The van der Waals surface area contributed by atoms with Crippen molar-refractivity contribution in [3.05, 3.63) is 0 Å². The van der Waals surface area contributed by atoms with E-state index in [1.807, 2.05) is 0 Å². The third-order valence-corrected chi connectivity index (χ3v) is 5.21. The Morgan fingerprint density at radius 1 is 1.22 bits per heavy atom. The van der Waals surface area contributed by atoms with E-state index in [9.17, 15) is 4.79 Å². The molecule has 0 aromatic heterocycles. The Morgan fingerprint density at radius 2 is 1.78 bits per heavy atom. The van der Waals surface area contributed by atoms with E-state index in [-0.39, 0.29) is 5.41 Å². The highest BCUT2D eigenvalue weighted by molar-refractivity contribution is 5.82. The monoisotopic (exact) mass is 250 g/mol. The largest absolute Gasteiger partial charge is 0.355 e. The van der Waals surface area contributed by atoms with Gasteiger partial charge in [0.2, 0.25) is 5.91 Å². The van der Waals surface area contributed by atoms with Crippen molar-refractivity contribution >= 4 is 5.91 Å². The summed E-state index contributed by atoms with van der Waals surface area (Å²) in [5.74, 6) is 2.95. The van der Waals surface area contributed by atoms with E-state index in [1.165, 1.54) is 25.7 Å². The molecule has 1 amide bonds. The second-order valence-electron chi connectivity index (χ2n) is 6.86. The molecule has 0 aromatic carbocycles. The van der Waals surface area contributed by atoms with E-state index in [1.54, 1.807) is 0 Å². The maximum atomic E-state index is 12.4. The summed E-state index contributed by atoms with van der Waals surface area (Å²) in [4.78, 5) is 12.4. The normalized spacial score (nSPS) is 27.2. The van der Waals surface area contributed by atoms with Crippen molar-refractivity contribution < 1.29 is 4.79 Å². The lowest BCUT2D eigenvalue weighted by Crippen LogP contribution is -2.47. The molecule has 0 spiro atoms. The van der Waals surface area contributed by atoms with Crippen LogP contribution in [0.3, 0.4) is 0 Å². The Hall–Kier alpha value is -0.570. The van der Waals surface area contributed by atoms with E-state index in [0.717, 1.165) is 50.2 Å². The highest BCUT2D eigenvalue weighted by Crippen LogP contribution is 2.48. The van der Waals surface area contributed by atoms with Gasteiger partial charge in [-0.15, -0.1) is 0 Å². The lowest BCUT2D eigenvalue weighted by molar-refractivity contribution is -0.131. The average Bonchev–Trinajstić information content (AvgIpc) is 3.24. The van der Waals surface area contributed by atoms with Gasteiger partial charge in [0.15, 0.2) is 0 Å². The first-order chi connectivity index (χ1) is 8.69. The van der Waals surface area contributed by atoms with Crippen LogP contribution in [0.4, 0.5) is 0 Å². The average molecular weight is 250 g/mol. The first-order valence-electron chi connectivity index (χ1n) is 7.68. The first kappa shape index (κ1) is 12.5. The third kappa shape index (κ3) is 2.71. The smallest absolute Gasteiger partial charge is 0.226 e. The van der Waals surface area contributed by atoms with Gasteiger partial charge in [-0.05, 0) is 69.4 Å². The zero-order valence-corrected chi connectivity index (χ0v) is 11.5. The molecule has 1 aliphatic heterocycles. The molecule has 3 rings (SSSR count). The Morgan fingerprint density at radius 3 is 2.28 bits per heavy atom. The van der Waals surface area contributed by atoms with Crippen LogP contribution in [0.5, 0.6) is 0 Å². The Kier molecular flexibility index (Phi) is 3.35. The van der Waals surface area contributed by atoms with Gasteiger partial charge >= 0.3 is 0 Å². The zero-order chi connectivity index (χ0) is 12.6. The van der Waals surface area contributed by atoms with Gasteiger partial charge in [-0.3, -0.25) is 4.79 Å². The Balaban J connectivity index is 1.50. The summed E-state index contributed by atoms with van der Waals surface area (Å²) in [7, 11) is 0. The second kappa shape index (κ2) is 4.84. The minimum Gasteiger partial charge on any atom is -0.355 e. The summed E-state index contributed by atoms with van der Waals surface area (Å²) in [6.07, 6.45) is 7.57. The topological polar surface area (TPSA) is 41.1 Å². The van der Waals surface area contributed by atoms with Crippen molar-refractivity contribution in [1.29, 1.82) is 0 Å². The molecule has 3 fully saturated rings. The molecule has 0 atom stereocenters. The lowest BCUT2D eigenvalue weighted by atomic mass is 9.80. The van der Waals surface area contributed by atoms with Crippen molar-refractivity contribution in [3.8, 4) is 0 Å². The second-order valence-corrected chi connectivity index (χ2v) is 6.86. The number of carbonyl (C=O) groups is 1. The molecule has 1 heterocycles. The fourth-order valence-corrected chi connectivity index (χ4v) is 3.40. The van der Waals surface area contributed by atoms with Gasteiger partial charge < -0.3 is 10.6 Å². The molecule has 0 radical (unpaired) electrons. The molecule has 2 saturated carbocycles. The number of rotatable bonds is 5. The van der Waals surface area contributed by atoms with Gasteiger partial charge in [-0.1, -0.05) is 6.92 Å². The van der Waals surface area contributed by atoms with Crippen LogP contribution < -0.4 is 10.6 Å². The third-order valence-electron chi connectivity index (χ3n) is 5.21. The van der Waals surface area contributed by atoms with E-state index >= 15 is 0 Å². The van der Waals surface area contributed by atoms with Crippen molar-refractivity contribution in [1.82, 2.24) is 10.6 Å². The van der Waals surface area contributed by atoms with Crippen LogP contribution in [0.25, 0.3) is 0 Å². The summed E-state index contributed by atoms with van der Waals surface area (Å²) >= 11 is 0. The minimum absolute atomic E-state index is 0.122. The van der Waals surface area contributed by atoms with Gasteiger partial charge in [-0.25, -0.2) is 0 Å². The summed E-state index contributed by atoms with van der Waals surface area (Å²) in [5.41, 5.74) is -0.122. The molecule has 3 nitrogen and oxygen atoms in total. The molecule has 0 unspecified atom stereocenters. The number of hydrogen-bond acceptors (Lipinski definition) is 2. The SMILES string of the molecule is CC1(C(=O)NCC(C2CC2)C2CC2)CCNCC1. The summed E-state index contributed by atoms with van der Waals surface area (Å²) in [6.45, 7) is 5.04. The van der Waals surface area contributed by atoms with Gasteiger partial charge in [0, 0.05) is 12.0 Å². The molecule has 0 aromatic rings. The first-order valence-corrected chi connectivity index (χ1v) is 7.68. The predicted molar refractivity (Wildman–Crippen MR) is 72.2 cm³/mol. The molecule has 102 valence electrons. The van der Waals surface area contributed by atoms with Crippen LogP contribution in [0.1, 0.15) is 45.4 Å². The summed E-state index contributed by atoms with van der Waals surface area (Å²) in [5, 5.41) is 6.61. The Bertz CT molecular complexity index is 302. The van der Waals surface area contributed by atoms with Crippen LogP contribution in [0.2, 0.25) is 0 Å². The fraction of sp³-hybridized carbons (Fsp3) is 0.933. The molecule has 2 aliphatic carbocycles. The van der Waals surface area contributed by atoms with Crippen LogP contribution in [-0.4, -0.2) is 25.5 Å². The van der Waals surface area contributed by atoms with Crippen molar-refractivity contribution in [2.45, 2.75) is 45.4 Å². The molecule has 3 aliphatic rings. The van der Waals surface area contributed by atoms with Crippen LogP contribution in [0, 0.1) is 23.2 Å². The Labute approximate surface area is 110 Å². The van der Waals surface area contributed by atoms with E-state index in [2.05, 4.69) is 17.6 Å². The number of carbonyl (C=O) groups excluding carboxylic acids is 1. The van der Waals surface area contributed by atoms with Crippen LogP contribution in [0.15, 0.2) is 0 Å². The number of hydrogen-bond donors (Lipinski definition) is 2. The van der Waals surface area contributed by atoms with Crippen LogP contribution in [-0.2, 0) is 4.79 Å². The lowest BCUT2D eigenvalue weighted by Gasteiger charge is -2.33. The van der Waals surface area contributed by atoms with Crippen molar-refractivity contribution in [2.75, 3.05) is 19.6 Å². The van der Waals surface area contributed by atoms with Gasteiger partial charge in [0.05, 0.1) is 0 Å².